The molecule has 172 valence electrons. The van der Waals surface area contributed by atoms with Crippen molar-refractivity contribution in [3.8, 4) is 16.9 Å². The summed E-state index contributed by atoms with van der Waals surface area (Å²) in [5.74, 6) is -4.77. The van der Waals surface area contributed by atoms with Crippen molar-refractivity contribution in [1.29, 1.82) is 0 Å². The van der Waals surface area contributed by atoms with E-state index in [1.165, 1.54) is 12.1 Å². The van der Waals surface area contributed by atoms with Crippen LogP contribution in [0.1, 0.15) is 33.2 Å². The van der Waals surface area contributed by atoms with E-state index in [1.807, 2.05) is 19.1 Å². The van der Waals surface area contributed by atoms with Crippen LogP contribution in [0.15, 0.2) is 60.7 Å². The van der Waals surface area contributed by atoms with E-state index >= 15 is 0 Å². The molecular formula is C24H17F5O4. The first-order valence-corrected chi connectivity index (χ1v) is 9.61. The van der Waals surface area contributed by atoms with Crippen molar-refractivity contribution < 1.29 is 41.0 Å². The quantitative estimate of drug-likeness (QED) is 0.254. The third kappa shape index (κ3) is 5.74. The SMILES string of the molecule is Cc1ccc(-c2ccc(C(=O)Oc3ccc(C(=O)OC(C)C(F)(F)F)c(F)c3)cc2F)cc1. The van der Waals surface area contributed by atoms with Gasteiger partial charge in [0.2, 0.25) is 0 Å². The van der Waals surface area contributed by atoms with Crippen molar-refractivity contribution in [3.05, 3.63) is 89.0 Å². The van der Waals surface area contributed by atoms with Gasteiger partial charge < -0.3 is 9.47 Å². The molecule has 0 bridgehead atoms. The Labute approximate surface area is 185 Å². The van der Waals surface area contributed by atoms with Gasteiger partial charge in [0.1, 0.15) is 17.4 Å². The molecule has 9 heteroatoms. The number of aryl methyl sites for hydroxylation is 1. The van der Waals surface area contributed by atoms with Crippen molar-refractivity contribution in [2.24, 2.45) is 0 Å². The molecule has 3 rings (SSSR count). The minimum absolute atomic E-state index is 0.147. The number of carbonyl (C=O) groups excluding carboxylic acids is 2. The molecule has 0 saturated carbocycles. The highest BCUT2D eigenvalue weighted by molar-refractivity contribution is 5.92. The number of rotatable bonds is 5. The molecule has 0 fully saturated rings. The van der Waals surface area contributed by atoms with Crippen LogP contribution in [0, 0.1) is 18.6 Å². The zero-order valence-corrected chi connectivity index (χ0v) is 17.4. The van der Waals surface area contributed by atoms with Crippen molar-refractivity contribution in [2.75, 3.05) is 0 Å². The fourth-order valence-corrected chi connectivity index (χ4v) is 2.79. The average Bonchev–Trinajstić information content (AvgIpc) is 2.73. The molecule has 0 amide bonds. The Balaban J connectivity index is 1.72. The maximum Gasteiger partial charge on any atom is 0.425 e. The average molecular weight is 464 g/mol. The molecule has 1 unspecified atom stereocenters. The molecule has 3 aromatic carbocycles. The summed E-state index contributed by atoms with van der Waals surface area (Å²) in [5.41, 5.74) is 0.974. The molecule has 0 radical (unpaired) electrons. The summed E-state index contributed by atoms with van der Waals surface area (Å²) in [6.07, 6.45) is -7.23. The second-order valence-electron chi connectivity index (χ2n) is 7.18. The first-order chi connectivity index (χ1) is 15.5. The maximum absolute atomic E-state index is 14.5. The number of carbonyl (C=O) groups is 2. The molecule has 3 aromatic rings. The molecule has 0 aliphatic heterocycles. The summed E-state index contributed by atoms with van der Waals surface area (Å²) in [5, 5.41) is 0. The largest absolute Gasteiger partial charge is 0.449 e. The van der Waals surface area contributed by atoms with Gasteiger partial charge in [0.15, 0.2) is 6.10 Å². The van der Waals surface area contributed by atoms with Gasteiger partial charge >= 0.3 is 18.1 Å². The van der Waals surface area contributed by atoms with Crippen LogP contribution in [-0.2, 0) is 4.74 Å². The topological polar surface area (TPSA) is 52.6 Å². The molecule has 0 saturated heterocycles. The molecular weight excluding hydrogens is 447 g/mol. The zero-order chi connectivity index (χ0) is 24.3. The third-order valence-corrected chi connectivity index (χ3v) is 4.68. The smallest absolute Gasteiger partial charge is 0.425 e. The van der Waals surface area contributed by atoms with Crippen LogP contribution in [0.3, 0.4) is 0 Å². The van der Waals surface area contributed by atoms with Gasteiger partial charge in [0.25, 0.3) is 0 Å². The van der Waals surface area contributed by atoms with E-state index in [2.05, 4.69) is 4.74 Å². The van der Waals surface area contributed by atoms with E-state index in [1.54, 1.807) is 12.1 Å². The third-order valence-electron chi connectivity index (χ3n) is 4.68. The van der Waals surface area contributed by atoms with Crippen LogP contribution >= 0.6 is 0 Å². The van der Waals surface area contributed by atoms with Crippen LogP contribution in [0.2, 0.25) is 0 Å². The molecule has 0 heterocycles. The number of ether oxygens (including phenoxy) is 2. The zero-order valence-electron chi connectivity index (χ0n) is 17.4. The van der Waals surface area contributed by atoms with Crippen LogP contribution < -0.4 is 4.74 Å². The summed E-state index contributed by atoms with van der Waals surface area (Å²) in [6.45, 7) is 2.50. The van der Waals surface area contributed by atoms with Gasteiger partial charge in [-0.3, -0.25) is 0 Å². The molecule has 0 aromatic heterocycles. The number of hydrogen-bond acceptors (Lipinski definition) is 4. The lowest BCUT2D eigenvalue weighted by Gasteiger charge is -2.16. The van der Waals surface area contributed by atoms with Gasteiger partial charge in [-0.25, -0.2) is 18.4 Å². The van der Waals surface area contributed by atoms with E-state index in [9.17, 15) is 31.5 Å². The van der Waals surface area contributed by atoms with Crippen molar-refractivity contribution >= 4 is 11.9 Å². The summed E-state index contributed by atoms with van der Waals surface area (Å²) in [4.78, 5) is 24.1. The molecule has 0 N–H and O–H groups in total. The Bertz CT molecular complexity index is 1190. The number of esters is 2. The predicted molar refractivity (Wildman–Crippen MR) is 109 cm³/mol. The summed E-state index contributed by atoms with van der Waals surface area (Å²) in [7, 11) is 0. The van der Waals surface area contributed by atoms with Gasteiger partial charge in [-0.05, 0) is 43.7 Å². The highest BCUT2D eigenvalue weighted by Crippen LogP contribution is 2.26. The van der Waals surface area contributed by atoms with E-state index in [-0.39, 0.29) is 16.9 Å². The van der Waals surface area contributed by atoms with Gasteiger partial charge in [-0.15, -0.1) is 0 Å². The van der Waals surface area contributed by atoms with Crippen LogP contribution in [0.4, 0.5) is 22.0 Å². The normalized spacial score (nSPS) is 12.2. The Morgan fingerprint density at radius 3 is 2.09 bits per heavy atom. The van der Waals surface area contributed by atoms with Gasteiger partial charge in [0, 0.05) is 11.6 Å². The minimum Gasteiger partial charge on any atom is -0.449 e. The number of benzene rings is 3. The molecule has 4 nitrogen and oxygen atoms in total. The fourth-order valence-electron chi connectivity index (χ4n) is 2.79. The highest BCUT2D eigenvalue weighted by atomic mass is 19.4. The number of alkyl halides is 3. The predicted octanol–water partition coefficient (Wildman–Crippen LogP) is 6.27. The Kier molecular flexibility index (Phi) is 6.81. The molecule has 1 atom stereocenters. The standard InChI is InChI=1S/C24H17F5O4/c1-13-3-5-15(6-4-13)18-9-7-16(11-20(18)25)22(30)33-17-8-10-19(21(26)12-17)23(31)32-14(2)24(27,28)29/h3-12,14H,1-2H3. The maximum atomic E-state index is 14.5. The first kappa shape index (κ1) is 23.9. The van der Waals surface area contributed by atoms with E-state index in [0.717, 1.165) is 23.8 Å². The fraction of sp³-hybridized carbons (Fsp3) is 0.167. The molecule has 0 aliphatic carbocycles. The number of hydrogen-bond donors (Lipinski definition) is 0. The van der Waals surface area contributed by atoms with Gasteiger partial charge in [0.05, 0.1) is 11.1 Å². The van der Waals surface area contributed by atoms with E-state index < -0.39 is 41.4 Å². The lowest BCUT2D eigenvalue weighted by Crippen LogP contribution is -2.31. The van der Waals surface area contributed by atoms with Crippen molar-refractivity contribution in [3.63, 3.8) is 0 Å². The van der Waals surface area contributed by atoms with Crippen LogP contribution in [-0.4, -0.2) is 24.2 Å². The summed E-state index contributed by atoms with van der Waals surface area (Å²) >= 11 is 0. The van der Waals surface area contributed by atoms with Crippen LogP contribution in [0.25, 0.3) is 11.1 Å². The molecule has 0 spiro atoms. The molecule has 0 aliphatic rings. The van der Waals surface area contributed by atoms with Gasteiger partial charge in [-0.1, -0.05) is 35.9 Å². The number of halogens is 5. The van der Waals surface area contributed by atoms with Crippen LogP contribution in [0.5, 0.6) is 5.75 Å². The van der Waals surface area contributed by atoms with E-state index in [4.69, 9.17) is 4.74 Å². The lowest BCUT2D eigenvalue weighted by atomic mass is 10.0. The summed E-state index contributed by atoms with van der Waals surface area (Å²) < 4.78 is 75.4. The Hall–Kier alpha value is -3.75. The van der Waals surface area contributed by atoms with Gasteiger partial charge in [-0.2, -0.15) is 13.2 Å². The van der Waals surface area contributed by atoms with Crippen molar-refractivity contribution in [1.82, 2.24) is 0 Å². The Morgan fingerprint density at radius 1 is 0.848 bits per heavy atom. The Morgan fingerprint density at radius 2 is 1.52 bits per heavy atom. The second-order valence-corrected chi connectivity index (χ2v) is 7.18. The first-order valence-electron chi connectivity index (χ1n) is 9.61. The minimum atomic E-state index is -4.80. The lowest BCUT2D eigenvalue weighted by molar-refractivity contribution is -0.198. The molecule has 33 heavy (non-hydrogen) atoms. The summed E-state index contributed by atoms with van der Waals surface area (Å²) in [6, 6.07) is 13.3. The van der Waals surface area contributed by atoms with E-state index in [0.29, 0.717) is 18.6 Å². The monoisotopic (exact) mass is 464 g/mol. The second kappa shape index (κ2) is 9.40. The highest BCUT2D eigenvalue weighted by Gasteiger charge is 2.39. The van der Waals surface area contributed by atoms with Crippen molar-refractivity contribution in [2.45, 2.75) is 26.1 Å².